The molecule has 19 heavy (non-hydrogen) atoms. The minimum Gasteiger partial charge on any atom is -0.364 e. The molecule has 0 aromatic carbocycles. The molecule has 110 valence electrons. The molecule has 0 aliphatic carbocycles. The van der Waals surface area contributed by atoms with Crippen molar-refractivity contribution in [1.29, 1.82) is 0 Å². The van der Waals surface area contributed by atoms with E-state index in [2.05, 4.69) is 0 Å². The number of rotatable bonds is 4. The second-order valence-corrected chi connectivity index (χ2v) is 7.47. The Morgan fingerprint density at radius 3 is 2.58 bits per heavy atom. The van der Waals surface area contributed by atoms with E-state index < -0.39 is 15.9 Å². The lowest BCUT2D eigenvalue weighted by molar-refractivity contribution is -0.144. The molecule has 2 aliphatic rings. The second-order valence-electron chi connectivity index (χ2n) is 5.24. The molecule has 0 aromatic heterocycles. The second kappa shape index (κ2) is 5.76. The third-order valence-electron chi connectivity index (χ3n) is 3.92. The number of sulfone groups is 1. The number of hydrogen-bond acceptors (Lipinski definition) is 5. The van der Waals surface area contributed by atoms with E-state index in [9.17, 15) is 13.2 Å². The van der Waals surface area contributed by atoms with Gasteiger partial charge in [-0.05, 0) is 26.2 Å². The van der Waals surface area contributed by atoms with E-state index in [-0.39, 0.29) is 29.6 Å². The van der Waals surface area contributed by atoms with Crippen LogP contribution in [0.25, 0.3) is 0 Å². The van der Waals surface area contributed by atoms with Gasteiger partial charge in [0.25, 0.3) is 5.91 Å². The van der Waals surface area contributed by atoms with Gasteiger partial charge in [-0.25, -0.2) is 8.42 Å². The number of carbonyl (C=O) groups excluding carboxylic acids is 1. The lowest BCUT2D eigenvalue weighted by Gasteiger charge is -2.29. The molecule has 1 amide bonds. The summed E-state index contributed by atoms with van der Waals surface area (Å²) in [6.07, 6.45) is 1.52. The Hall–Kier alpha value is -0.660. The first-order chi connectivity index (χ1) is 8.96. The highest BCUT2D eigenvalue weighted by Crippen LogP contribution is 2.24. The fraction of sp³-hybridized carbons (Fsp3) is 0.917. The van der Waals surface area contributed by atoms with E-state index in [0.29, 0.717) is 25.9 Å². The fourth-order valence-corrected chi connectivity index (χ4v) is 4.59. The largest absolute Gasteiger partial charge is 0.364 e. The summed E-state index contributed by atoms with van der Waals surface area (Å²) >= 11 is 0. The molecule has 2 N–H and O–H groups in total. The summed E-state index contributed by atoms with van der Waals surface area (Å²) in [6.45, 7) is 2.82. The van der Waals surface area contributed by atoms with Crippen molar-refractivity contribution in [3.05, 3.63) is 0 Å². The van der Waals surface area contributed by atoms with Crippen molar-refractivity contribution >= 4 is 15.7 Å². The van der Waals surface area contributed by atoms with Crippen molar-refractivity contribution in [1.82, 2.24) is 4.90 Å². The van der Waals surface area contributed by atoms with Crippen molar-refractivity contribution in [2.45, 2.75) is 44.4 Å². The van der Waals surface area contributed by atoms with E-state index in [1.165, 1.54) is 0 Å². The zero-order chi connectivity index (χ0) is 14.0. The first-order valence-electron chi connectivity index (χ1n) is 6.83. The minimum absolute atomic E-state index is 0.0417. The molecule has 0 saturated carbocycles. The van der Waals surface area contributed by atoms with Gasteiger partial charge in [0, 0.05) is 19.1 Å². The van der Waals surface area contributed by atoms with Crippen LogP contribution in [0.4, 0.5) is 0 Å². The van der Waals surface area contributed by atoms with Crippen molar-refractivity contribution < 1.29 is 17.9 Å². The first kappa shape index (κ1) is 14.7. The number of nitrogens with zero attached hydrogens (tertiary/aromatic N) is 1. The van der Waals surface area contributed by atoms with Gasteiger partial charge in [-0.3, -0.25) is 4.79 Å². The minimum atomic E-state index is -2.98. The van der Waals surface area contributed by atoms with Gasteiger partial charge in [0.15, 0.2) is 9.84 Å². The number of hydrogen-bond donors (Lipinski definition) is 1. The molecule has 6 nitrogen and oxygen atoms in total. The molecule has 3 atom stereocenters. The van der Waals surface area contributed by atoms with Gasteiger partial charge in [0.05, 0.1) is 17.6 Å². The molecular formula is C12H22N2O4S. The topological polar surface area (TPSA) is 89.7 Å². The SMILES string of the molecule is CCN(C(=O)C1CCC(CN)O1)C1CCS(=O)(=O)C1. The monoisotopic (exact) mass is 290 g/mol. The first-order valence-corrected chi connectivity index (χ1v) is 8.65. The highest BCUT2D eigenvalue weighted by molar-refractivity contribution is 7.91. The summed E-state index contributed by atoms with van der Waals surface area (Å²) in [6, 6.07) is -0.192. The lowest BCUT2D eigenvalue weighted by atomic mass is 10.1. The average Bonchev–Trinajstić information content (AvgIpc) is 2.96. The van der Waals surface area contributed by atoms with Crippen LogP contribution in [0.15, 0.2) is 0 Å². The normalized spacial score (nSPS) is 33.5. The molecule has 2 aliphatic heterocycles. The van der Waals surface area contributed by atoms with Gasteiger partial charge in [-0.15, -0.1) is 0 Å². The predicted octanol–water partition coefficient (Wildman–Crippen LogP) is -0.472. The smallest absolute Gasteiger partial charge is 0.251 e. The Bertz CT molecular complexity index is 437. The molecule has 7 heteroatoms. The van der Waals surface area contributed by atoms with Crippen LogP contribution in [0.1, 0.15) is 26.2 Å². The number of carbonyl (C=O) groups is 1. The molecule has 2 heterocycles. The maximum absolute atomic E-state index is 12.4. The van der Waals surface area contributed by atoms with Crippen LogP contribution in [0.5, 0.6) is 0 Å². The Morgan fingerprint density at radius 1 is 1.37 bits per heavy atom. The van der Waals surface area contributed by atoms with E-state index in [4.69, 9.17) is 10.5 Å². The van der Waals surface area contributed by atoms with E-state index >= 15 is 0 Å². The molecule has 0 spiro atoms. The van der Waals surface area contributed by atoms with Gasteiger partial charge >= 0.3 is 0 Å². The zero-order valence-corrected chi connectivity index (χ0v) is 12.1. The van der Waals surface area contributed by atoms with Gasteiger partial charge in [0.1, 0.15) is 6.10 Å². The van der Waals surface area contributed by atoms with Crippen LogP contribution in [0, 0.1) is 0 Å². The third kappa shape index (κ3) is 3.27. The molecule has 0 bridgehead atoms. The Balaban J connectivity index is 2.00. The summed E-state index contributed by atoms with van der Waals surface area (Å²) in [5, 5.41) is 0. The number of amides is 1. The summed E-state index contributed by atoms with van der Waals surface area (Å²) in [5.41, 5.74) is 5.53. The van der Waals surface area contributed by atoms with Crippen molar-refractivity contribution in [3.8, 4) is 0 Å². The van der Waals surface area contributed by atoms with Crippen LogP contribution in [-0.2, 0) is 19.4 Å². The van der Waals surface area contributed by atoms with E-state index in [1.807, 2.05) is 6.92 Å². The van der Waals surface area contributed by atoms with E-state index in [0.717, 1.165) is 6.42 Å². The van der Waals surface area contributed by atoms with E-state index in [1.54, 1.807) is 4.90 Å². The summed E-state index contributed by atoms with van der Waals surface area (Å²) in [4.78, 5) is 14.1. The highest BCUT2D eigenvalue weighted by Gasteiger charge is 2.38. The number of ether oxygens (including phenoxy) is 1. The third-order valence-corrected chi connectivity index (χ3v) is 5.67. The molecular weight excluding hydrogens is 268 g/mol. The Kier molecular flexibility index (Phi) is 4.47. The zero-order valence-electron chi connectivity index (χ0n) is 11.2. The maximum Gasteiger partial charge on any atom is 0.251 e. The predicted molar refractivity (Wildman–Crippen MR) is 71.4 cm³/mol. The Morgan fingerprint density at radius 2 is 2.11 bits per heavy atom. The number of likely N-dealkylation sites (N-methyl/N-ethyl adjacent to an activating group) is 1. The standard InChI is InChI=1S/C12H22N2O4S/c1-2-14(9-5-6-19(16,17)8-9)12(15)11-4-3-10(7-13)18-11/h9-11H,2-8,13H2,1H3. The summed E-state index contributed by atoms with van der Waals surface area (Å²) in [5.74, 6) is 0.179. The van der Waals surface area contributed by atoms with Crippen molar-refractivity contribution in [3.63, 3.8) is 0 Å². The highest BCUT2D eigenvalue weighted by atomic mass is 32.2. The van der Waals surface area contributed by atoms with Crippen LogP contribution >= 0.6 is 0 Å². The average molecular weight is 290 g/mol. The molecule has 0 aromatic rings. The fourth-order valence-electron chi connectivity index (χ4n) is 2.86. The summed E-state index contributed by atoms with van der Waals surface area (Å²) < 4.78 is 28.6. The van der Waals surface area contributed by atoms with Gasteiger partial charge in [-0.1, -0.05) is 0 Å². The lowest BCUT2D eigenvalue weighted by Crippen LogP contribution is -2.46. The Labute approximate surface area is 114 Å². The van der Waals surface area contributed by atoms with Crippen LogP contribution in [0.3, 0.4) is 0 Å². The molecule has 2 saturated heterocycles. The molecule has 2 rings (SSSR count). The van der Waals surface area contributed by atoms with Crippen molar-refractivity contribution in [2.24, 2.45) is 5.73 Å². The molecule has 2 fully saturated rings. The quantitative estimate of drug-likeness (QED) is 0.756. The van der Waals surface area contributed by atoms with Crippen LogP contribution < -0.4 is 5.73 Å². The molecule has 3 unspecified atom stereocenters. The van der Waals surface area contributed by atoms with Gasteiger partial charge < -0.3 is 15.4 Å². The van der Waals surface area contributed by atoms with Gasteiger partial charge in [0.2, 0.25) is 0 Å². The maximum atomic E-state index is 12.4. The summed E-state index contributed by atoms with van der Waals surface area (Å²) in [7, 11) is -2.98. The number of nitrogens with two attached hydrogens (primary N) is 1. The van der Waals surface area contributed by atoms with Crippen LogP contribution in [0.2, 0.25) is 0 Å². The van der Waals surface area contributed by atoms with Crippen LogP contribution in [-0.4, -0.2) is 62.1 Å². The van der Waals surface area contributed by atoms with Crippen molar-refractivity contribution in [2.75, 3.05) is 24.6 Å². The van der Waals surface area contributed by atoms with Gasteiger partial charge in [-0.2, -0.15) is 0 Å². The molecule has 0 radical (unpaired) electrons.